The average Bonchev–Trinajstić information content (AvgIpc) is 2.46. The van der Waals surface area contributed by atoms with Crippen molar-refractivity contribution in [1.82, 2.24) is 5.32 Å². The molecule has 1 atom stereocenters. The fourth-order valence-electron chi connectivity index (χ4n) is 2.31. The monoisotopic (exact) mass is 295 g/mol. The second-order valence-electron chi connectivity index (χ2n) is 4.70. The summed E-state index contributed by atoms with van der Waals surface area (Å²) in [5.41, 5.74) is 0.375. The van der Waals surface area contributed by atoms with Gasteiger partial charge in [0, 0.05) is 5.56 Å². The molecule has 0 saturated heterocycles. The Hall–Kier alpha value is -2.01. The van der Waals surface area contributed by atoms with Crippen LogP contribution in [0.25, 0.3) is 0 Å². The van der Waals surface area contributed by atoms with Gasteiger partial charge >= 0.3 is 0 Å². The van der Waals surface area contributed by atoms with E-state index in [2.05, 4.69) is 5.32 Å². The molecule has 1 N–H and O–H groups in total. The molecule has 5 heteroatoms. The second kappa shape index (κ2) is 6.18. The lowest BCUT2D eigenvalue weighted by Gasteiger charge is -2.21. The van der Waals surface area contributed by atoms with E-state index in [1.54, 1.807) is 13.1 Å². The van der Waals surface area contributed by atoms with E-state index >= 15 is 0 Å². The molecule has 0 aromatic heterocycles. The fraction of sp³-hybridized carbons (Fsp3) is 0.250. The van der Waals surface area contributed by atoms with Crippen molar-refractivity contribution in [2.45, 2.75) is 13.0 Å². The summed E-state index contributed by atoms with van der Waals surface area (Å²) in [6.07, 6.45) is 0. The zero-order valence-electron chi connectivity index (χ0n) is 12.0. The van der Waals surface area contributed by atoms with Gasteiger partial charge in [-0.25, -0.2) is 13.2 Å². The van der Waals surface area contributed by atoms with Crippen LogP contribution in [0.2, 0.25) is 0 Å². The molecule has 112 valence electrons. The van der Waals surface area contributed by atoms with Gasteiger partial charge in [0.1, 0.15) is 23.2 Å². The highest BCUT2D eigenvalue weighted by atomic mass is 19.1. The Labute approximate surface area is 121 Å². The molecule has 2 rings (SSSR count). The Balaban J connectivity index is 2.63. The van der Waals surface area contributed by atoms with E-state index in [0.717, 1.165) is 12.1 Å². The molecule has 0 aliphatic rings. The molecular formula is C16H16F3NO. The zero-order valence-corrected chi connectivity index (χ0v) is 12.0. The summed E-state index contributed by atoms with van der Waals surface area (Å²) >= 11 is 0. The van der Waals surface area contributed by atoms with Crippen molar-refractivity contribution < 1.29 is 17.9 Å². The highest BCUT2D eigenvalue weighted by Crippen LogP contribution is 2.33. The maximum Gasteiger partial charge on any atom is 0.132 e. The molecule has 2 nitrogen and oxygen atoms in total. The lowest BCUT2D eigenvalue weighted by atomic mass is 9.95. The van der Waals surface area contributed by atoms with Gasteiger partial charge < -0.3 is 10.1 Å². The summed E-state index contributed by atoms with van der Waals surface area (Å²) in [4.78, 5) is 0. The van der Waals surface area contributed by atoms with Gasteiger partial charge in [0.05, 0.1) is 18.7 Å². The Kier molecular flexibility index (Phi) is 4.53. The number of rotatable bonds is 4. The van der Waals surface area contributed by atoms with Gasteiger partial charge in [-0.05, 0) is 43.8 Å². The minimum absolute atomic E-state index is 0.0315. The van der Waals surface area contributed by atoms with Gasteiger partial charge in [0.15, 0.2) is 0 Å². The van der Waals surface area contributed by atoms with Crippen LogP contribution in [0.5, 0.6) is 5.75 Å². The first-order chi connectivity index (χ1) is 9.99. The molecule has 0 fully saturated rings. The number of methoxy groups -OCH3 is 1. The second-order valence-corrected chi connectivity index (χ2v) is 4.70. The third-order valence-corrected chi connectivity index (χ3v) is 3.40. The standard InChI is InChI=1S/C16H16F3NO/c1-9-7-13(19)10(8-12(9)18)16(20-2)15-11(17)5-4-6-14(15)21-3/h4-8,16,20H,1-3H3. The fourth-order valence-corrected chi connectivity index (χ4v) is 2.31. The molecule has 0 aliphatic carbocycles. The van der Waals surface area contributed by atoms with Crippen LogP contribution >= 0.6 is 0 Å². The Morgan fingerprint density at radius 1 is 1.05 bits per heavy atom. The SMILES string of the molecule is CNC(c1cc(F)c(C)cc1F)c1c(F)cccc1OC. The van der Waals surface area contributed by atoms with Gasteiger partial charge in [-0.1, -0.05) is 6.07 Å². The topological polar surface area (TPSA) is 21.3 Å². The number of nitrogens with one attached hydrogen (secondary N) is 1. The summed E-state index contributed by atoms with van der Waals surface area (Å²) in [7, 11) is 2.95. The van der Waals surface area contributed by atoms with Crippen LogP contribution in [-0.4, -0.2) is 14.2 Å². The number of benzene rings is 2. The predicted molar refractivity (Wildman–Crippen MR) is 74.9 cm³/mol. The first-order valence-electron chi connectivity index (χ1n) is 6.44. The van der Waals surface area contributed by atoms with Gasteiger partial charge in [-0.3, -0.25) is 0 Å². The molecule has 0 saturated carbocycles. The molecule has 0 amide bonds. The quantitative estimate of drug-likeness (QED) is 0.928. The van der Waals surface area contributed by atoms with Gasteiger partial charge in [0.2, 0.25) is 0 Å². The summed E-state index contributed by atoms with van der Waals surface area (Å²) in [6, 6.07) is 5.66. The van der Waals surface area contributed by atoms with E-state index < -0.39 is 23.5 Å². The molecule has 0 bridgehead atoms. The normalized spacial score (nSPS) is 12.3. The summed E-state index contributed by atoms with van der Waals surface area (Å²) in [6.45, 7) is 1.47. The van der Waals surface area contributed by atoms with E-state index in [0.29, 0.717) is 0 Å². The highest BCUT2D eigenvalue weighted by Gasteiger charge is 2.24. The van der Waals surface area contributed by atoms with E-state index in [4.69, 9.17) is 4.74 Å². The number of halogens is 3. The Morgan fingerprint density at radius 3 is 2.38 bits per heavy atom. The van der Waals surface area contributed by atoms with Crippen LogP contribution in [0.15, 0.2) is 30.3 Å². The molecule has 2 aromatic carbocycles. The van der Waals surface area contributed by atoms with Crippen LogP contribution in [0, 0.1) is 24.4 Å². The van der Waals surface area contributed by atoms with Crippen molar-refractivity contribution in [2.75, 3.05) is 14.2 Å². The molecule has 0 heterocycles. The van der Waals surface area contributed by atoms with Crippen molar-refractivity contribution in [3.05, 3.63) is 64.5 Å². The summed E-state index contributed by atoms with van der Waals surface area (Å²) in [5, 5.41) is 2.81. The first kappa shape index (κ1) is 15.4. The Morgan fingerprint density at radius 2 is 1.76 bits per heavy atom. The molecule has 21 heavy (non-hydrogen) atoms. The van der Waals surface area contributed by atoms with Crippen LogP contribution in [0.4, 0.5) is 13.2 Å². The van der Waals surface area contributed by atoms with Gasteiger partial charge in [0.25, 0.3) is 0 Å². The van der Waals surface area contributed by atoms with Gasteiger partial charge in [-0.15, -0.1) is 0 Å². The van der Waals surface area contributed by atoms with Crippen LogP contribution in [0.3, 0.4) is 0 Å². The molecule has 1 unspecified atom stereocenters. The van der Waals surface area contributed by atoms with Crippen LogP contribution < -0.4 is 10.1 Å². The smallest absolute Gasteiger partial charge is 0.132 e. The minimum atomic E-state index is -0.851. The lowest BCUT2D eigenvalue weighted by Crippen LogP contribution is -2.21. The van der Waals surface area contributed by atoms with E-state index in [1.165, 1.54) is 26.2 Å². The van der Waals surface area contributed by atoms with Crippen molar-refractivity contribution >= 4 is 0 Å². The molecule has 0 radical (unpaired) electrons. The van der Waals surface area contributed by atoms with Gasteiger partial charge in [-0.2, -0.15) is 0 Å². The summed E-state index contributed by atoms with van der Waals surface area (Å²) in [5.74, 6) is -1.41. The number of hydrogen-bond acceptors (Lipinski definition) is 2. The maximum absolute atomic E-state index is 14.2. The van der Waals surface area contributed by atoms with Crippen molar-refractivity contribution in [3.63, 3.8) is 0 Å². The zero-order chi connectivity index (χ0) is 15.6. The average molecular weight is 295 g/mol. The highest BCUT2D eigenvalue weighted by molar-refractivity contribution is 5.43. The third-order valence-electron chi connectivity index (χ3n) is 3.40. The van der Waals surface area contributed by atoms with Crippen molar-refractivity contribution in [2.24, 2.45) is 0 Å². The summed E-state index contributed by atoms with van der Waals surface area (Å²) < 4.78 is 47.1. The minimum Gasteiger partial charge on any atom is -0.496 e. The van der Waals surface area contributed by atoms with Crippen LogP contribution in [-0.2, 0) is 0 Å². The number of ether oxygens (including phenoxy) is 1. The van der Waals surface area contributed by atoms with Crippen LogP contribution in [0.1, 0.15) is 22.7 Å². The molecule has 2 aromatic rings. The number of aryl methyl sites for hydroxylation is 1. The largest absolute Gasteiger partial charge is 0.496 e. The lowest BCUT2D eigenvalue weighted by molar-refractivity contribution is 0.397. The third kappa shape index (κ3) is 2.88. The number of hydrogen-bond donors (Lipinski definition) is 1. The maximum atomic E-state index is 14.2. The molecular weight excluding hydrogens is 279 g/mol. The van der Waals surface area contributed by atoms with E-state index in [-0.39, 0.29) is 22.4 Å². The predicted octanol–water partition coefficient (Wildman–Crippen LogP) is 3.73. The molecule has 0 spiro atoms. The van der Waals surface area contributed by atoms with Crippen molar-refractivity contribution in [1.29, 1.82) is 0 Å². The van der Waals surface area contributed by atoms with E-state index in [9.17, 15) is 13.2 Å². The molecule has 0 aliphatic heterocycles. The Bertz CT molecular complexity index is 658. The first-order valence-corrected chi connectivity index (χ1v) is 6.44. The van der Waals surface area contributed by atoms with E-state index in [1.807, 2.05) is 0 Å². The van der Waals surface area contributed by atoms with Crippen molar-refractivity contribution in [3.8, 4) is 5.75 Å².